The zero-order chi connectivity index (χ0) is 13.3. The number of carbonyl (C=O) groups is 1. The van der Waals surface area contributed by atoms with E-state index in [9.17, 15) is 13.6 Å². The third-order valence-corrected chi connectivity index (χ3v) is 3.16. The third-order valence-electron chi connectivity index (χ3n) is 3.16. The Morgan fingerprint density at radius 3 is 2.83 bits per heavy atom. The molecule has 0 saturated carbocycles. The van der Waals surface area contributed by atoms with Crippen LogP contribution in [0.2, 0.25) is 0 Å². The van der Waals surface area contributed by atoms with Crippen molar-refractivity contribution in [3.8, 4) is 0 Å². The maximum atomic E-state index is 13.1. The van der Waals surface area contributed by atoms with E-state index in [0.717, 1.165) is 12.1 Å². The number of halogens is 2. The molecule has 4 nitrogen and oxygen atoms in total. The Bertz CT molecular complexity index is 467. The lowest BCUT2D eigenvalue weighted by atomic mass is 10.1. The number of benzene rings is 1. The van der Waals surface area contributed by atoms with Crippen molar-refractivity contribution >= 4 is 6.03 Å². The molecular weight excluding hydrogens is 240 g/mol. The standard InChI is InChI=1S/C12H15F2N3O/c1-7(5-15)17-6-11(16-12(17)18)8-2-3-9(13)10(14)4-8/h2-4,7,11H,5-6,15H2,1H3,(H,16,18). The van der Waals surface area contributed by atoms with Crippen molar-refractivity contribution in [2.24, 2.45) is 5.73 Å². The van der Waals surface area contributed by atoms with Gasteiger partial charge in [-0.15, -0.1) is 0 Å². The minimum atomic E-state index is -0.910. The molecule has 18 heavy (non-hydrogen) atoms. The van der Waals surface area contributed by atoms with Gasteiger partial charge in [-0.05, 0) is 24.6 Å². The molecule has 2 unspecified atom stereocenters. The number of rotatable bonds is 3. The minimum absolute atomic E-state index is 0.0831. The van der Waals surface area contributed by atoms with Gasteiger partial charge in [-0.3, -0.25) is 0 Å². The number of urea groups is 1. The summed E-state index contributed by atoms with van der Waals surface area (Å²) >= 11 is 0. The molecule has 0 aliphatic carbocycles. The molecule has 0 bridgehead atoms. The van der Waals surface area contributed by atoms with Crippen molar-refractivity contribution in [1.29, 1.82) is 0 Å². The molecule has 1 aromatic rings. The molecule has 0 aromatic heterocycles. The zero-order valence-corrected chi connectivity index (χ0v) is 9.99. The second kappa shape index (κ2) is 4.89. The van der Waals surface area contributed by atoms with Gasteiger partial charge in [-0.2, -0.15) is 0 Å². The summed E-state index contributed by atoms with van der Waals surface area (Å²) in [5.74, 6) is -1.80. The smallest absolute Gasteiger partial charge is 0.318 e. The molecule has 2 amide bonds. The highest BCUT2D eigenvalue weighted by Crippen LogP contribution is 2.23. The van der Waals surface area contributed by atoms with Crippen LogP contribution in [0.3, 0.4) is 0 Å². The normalized spacial score (nSPS) is 21.0. The SMILES string of the molecule is CC(CN)N1CC(c2ccc(F)c(F)c2)NC1=O. The first-order valence-corrected chi connectivity index (χ1v) is 5.75. The van der Waals surface area contributed by atoms with Crippen LogP contribution in [-0.2, 0) is 0 Å². The van der Waals surface area contributed by atoms with E-state index in [1.54, 1.807) is 4.90 Å². The van der Waals surface area contributed by atoms with Crippen LogP contribution in [0.4, 0.5) is 13.6 Å². The first kappa shape index (κ1) is 12.8. The fraction of sp³-hybridized carbons (Fsp3) is 0.417. The lowest BCUT2D eigenvalue weighted by Gasteiger charge is -2.21. The lowest BCUT2D eigenvalue weighted by molar-refractivity contribution is 0.203. The number of hydrogen-bond acceptors (Lipinski definition) is 2. The van der Waals surface area contributed by atoms with Gasteiger partial charge < -0.3 is 16.0 Å². The van der Waals surface area contributed by atoms with Gasteiger partial charge in [0.05, 0.1) is 6.04 Å². The predicted octanol–water partition coefficient (Wildman–Crippen LogP) is 1.38. The summed E-state index contributed by atoms with van der Waals surface area (Å²) in [4.78, 5) is 13.3. The van der Waals surface area contributed by atoms with E-state index in [1.165, 1.54) is 6.07 Å². The predicted molar refractivity (Wildman–Crippen MR) is 62.9 cm³/mol. The van der Waals surface area contributed by atoms with Gasteiger partial charge >= 0.3 is 6.03 Å². The molecule has 6 heteroatoms. The molecule has 1 aliphatic rings. The van der Waals surface area contributed by atoms with Crippen molar-refractivity contribution in [1.82, 2.24) is 10.2 Å². The lowest BCUT2D eigenvalue weighted by Crippen LogP contribution is -2.40. The highest BCUT2D eigenvalue weighted by molar-refractivity contribution is 5.77. The Hall–Kier alpha value is -1.69. The molecular formula is C12H15F2N3O. The molecule has 2 atom stereocenters. The Labute approximate surface area is 104 Å². The van der Waals surface area contributed by atoms with Crippen LogP contribution in [-0.4, -0.2) is 30.1 Å². The van der Waals surface area contributed by atoms with Crippen molar-refractivity contribution in [3.63, 3.8) is 0 Å². The zero-order valence-electron chi connectivity index (χ0n) is 9.99. The van der Waals surface area contributed by atoms with Crippen molar-refractivity contribution in [2.75, 3.05) is 13.1 Å². The molecule has 1 heterocycles. The topological polar surface area (TPSA) is 58.4 Å². The van der Waals surface area contributed by atoms with Crippen LogP contribution in [0.1, 0.15) is 18.5 Å². The van der Waals surface area contributed by atoms with E-state index < -0.39 is 11.6 Å². The summed E-state index contributed by atoms with van der Waals surface area (Å²) in [6, 6.07) is 2.99. The first-order chi connectivity index (χ1) is 8.52. The van der Waals surface area contributed by atoms with Crippen molar-refractivity contribution in [3.05, 3.63) is 35.4 Å². The molecule has 1 fully saturated rings. The molecule has 0 radical (unpaired) electrons. The van der Waals surface area contributed by atoms with E-state index in [4.69, 9.17) is 5.73 Å². The van der Waals surface area contributed by atoms with Crippen LogP contribution in [0.25, 0.3) is 0 Å². The molecule has 1 aliphatic heterocycles. The fourth-order valence-corrected chi connectivity index (χ4v) is 1.98. The molecule has 1 aromatic carbocycles. The number of nitrogens with one attached hydrogen (secondary N) is 1. The largest absolute Gasteiger partial charge is 0.329 e. The number of amides is 2. The van der Waals surface area contributed by atoms with Crippen LogP contribution in [0.15, 0.2) is 18.2 Å². The summed E-state index contributed by atoms with van der Waals surface area (Å²) in [5, 5.41) is 2.72. The van der Waals surface area contributed by atoms with E-state index in [1.807, 2.05) is 6.92 Å². The number of nitrogens with two attached hydrogens (primary N) is 1. The second-order valence-corrected chi connectivity index (χ2v) is 4.41. The Balaban J connectivity index is 2.16. The van der Waals surface area contributed by atoms with Gasteiger partial charge in [0.25, 0.3) is 0 Å². The van der Waals surface area contributed by atoms with Gasteiger partial charge in [0.1, 0.15) is 0 Å². The van der Waals surface area contributed by atoms with E-state index in [0.29, 0.717) is 18.7 Å². The summed E-state index contributed by atoms with van der Waals surface area (Å²) < 4.78 is 26.0. The fourth-order valence-electron chi connectivity index (χ4n) is 1.98. The van der Waals surface area contributed by atoms with Gasteiger partial charge in [-0.1, -0.05) is 6.07 Å². The molecule has 98 valence electrons. The Morgan fingerprint density at radius 1 is 1.50 bits per heavy atom. The monoisotopic (exact) mass is 255 g/mol. The van der Waals surface area contributed by atoms with Crippen molar-refractivity contribution < 1.29 is 13.6 Å². The summed E-state index contributed by atoms with van der Waals surface area (Å²) in [5.41, 5.74) is 6.06. The summed E-state index contributed by atoms with van der Waals surface area (Å²) in [7, 11) is 0. The van der Waals surface area contributed by atoms with Gasteiger partial charge in [0, 0.05) is 19.1 Å². The minimum Gasteiger partial charge on any atom is -0.329 e. The first-order valence-electron chi connectivity index (χ1n) is 5.75. The number of hydrogen-bond donors (Lipinski definition) is 2. The molecule has 2 rings (SSSR count). The quantitative estimate of drug-likeness (QED) is 0.857. The van der Waals surface area contributed by atoms with Crippen LogP contribution < -0.4 is 11.1 Å². The second-order valence-electron chi connectivity index (χ2n) is 4.41. The summed E-state index contributed by atoms with van der Waals surface area (Å²) in [6.07, 6.45) is 0. The Kier molecular flexibility index (Phi) is 3.47. The average Bonchev–Trinajstić information content (AvgIpc) is 2.74. The van der Waals surface area contributed by atoms with Crippen LogP contribution >= 0.6 is 0 Å². The third kappa shape index (κ3) is 2.28. The van der Waals surface area contributed by atoms with Crippen LogP contribution in [0.5, 0.6) is 0 Å². The highest BCUT2D eigenvalue weighted by atomic mass is 19.2. The van der Waals surface area contributed by atoms with Gasteiger partial charge in [-0.25, -0.2) is 13.6 Å². The van der Waals surface area contributed by atoms with E-state index >= 15 is 0 Å². The molecule has 3 N–H and O–H groups in total. The van der Waals surface area contributed by atoms with Crippen LogP contribution in [0, 0.1) is 11.6 Å². The van der Waals surface area contributed by atoms with Gasteiger partial charge in [0.2, 0.25) is 0 Å². The maximum Gasteiger partial charge on any atom is 0.318 e. The molecule has 1 saturated heterocycles. The average molecular weight is 255 g/mol. The highest BCUT2D eigenvalue weighted by Gasteiger charge is 2.32. The molecule has 0 spiro atoms. The number of carbonyl (C=O) groups excluding carboxylic acids is 1. The van der Waals surface area contributed by atoms with Gasteiger partial charge in [0.15, 0.2) is 11.6 Å². The summed E-state index contributed by atoms with van der Waals surface area (Å²) in [6.45, 7) is 2.60. The Morgan fingerprint density at radius 2 is 2.22 bits per heavy atom. The van der Waals surface area contributed by atoms with E-state index in [2.05, 4.69) is 5.32 Å². The van der Waals surface area contributed by atoms with Crippen molar-refractivity contribution in [2.45, 2.75) is 19.0 Å². The van der Waals surface area contributed by atoms with E-state index in [-0.39, 0.29) is 18.1 Å². The maximum absolute atomic E-state index is 13.1. The number of nitrogens with zero attached hydrogens (tertiary/aromatic N) is 1.